The zero-order valence-electron chi connectivity index (χ0n) is 7.61. The normalized spacial score (nSPS) is 12.7. The molecule has 1 aromatic rings. The van der Waals surface area contributed by atoms with E-state index >= 15 is 0 Å². The van der Waals surface area contributed by atoms with Gasteiger partial charge in [0.15, 0.2) is 5.17 Å². The fourth-order valence-electron chi connectivity index (χ4n) is 0.780. The standard InChI is InChI=1S/C9H10ClN3O/c1-7(9(10)13-14)11-12-8-5-3-2-4-6-8/h2-6,12,14H,1H3/b11-7+,13-9-. The van der Waals surface area contributed by atoms with E-state index < -0.39 is 0 Å². The molecule has 0 aliphatic carbocycles. The fourth-order valence-corrected chi connectivity index (χ4v) is 0.822. The van der Waals surface area contributed by atoms with E-state index in [1.54, 1.807) is 6.92 Å². The highest BCUT2D eigenvalue weighted by Gasteiger charge is 1.98. The van der Waals surface area contributed by atoms with Crippen LogP contribution in [0.3, 0.4) is 0 Å². The van der Waals surface area contributed by atoms with Gasteiger partial charge in [-0.05, 0) is 19.1 Å². The number of hydrogen-bond donors (Lipinski definition) is 2. The summed E-state index contributed by atoms with van der Waals surface area (Å²) in [4.78, 5) is 0. The maximum absolute atomic E-state index is 8.35. The van der Waals surface area contributed by atoms with Crippen molar-refractivity contribution in [3.8, 4) is 0 Å². The Hall–Kier alpha value is -1.55. The Kier molecular flexibility index (Phi) is 3.94. The summed E-state index contributed by atoms with van der Waals surface area (Å²) in [5.41, 5.74) is 4.03. The Morgan fingerprint density at radius 3 is 2.57 bits per heavy atom. The molecule has 1 aromatic carbocycles. The molecule has 14 heavy (non-hydrogen) atoms. The smallest absolute Gasteiger partial charge is 0.191 e. The molecular formula is C9H10ClN3O. The zero-order chi connectivity index (χ0) is 10.4. The number of halogens is 1. The van der Waals surface area contributed by atoms with Crippen molar-refractivity contribution < 1.29 is 5.21 Å². The Balaban J connectivity index is 2.64. The van der Waals surface area contributed by atoms with Gasteiger partial charge in [-0.2, -0.15) is 5.10 Å². The van der Waals surface area contributed by atoms with Crippen LogP contribution >= 0.6 is 11.6 Å². The molecule has 0 heterocycles. The SMILES string of the molecule is CC(=N\Nc1ccccc1)/C(Cl)=N/O. The first-order chi connectivity index (χ1) is 6.74. The second-order valence-corrected chi connectivity index (χ2v) is 2.92. The van der Waals surface area contributed by atoms with Gasteiger partial charge < -0.3 is 5.21 Å². The minimum absolute atomic E-state index is 0.0339. The summed E-state index contributed by atoms with van der Waals surface area (Å²) >= 11 is 5.51. The van der Waals surface area contributed by atoms with Crippen LogP contribution in [0, 0.1) is 0 Å². The number of para-hydroxylation sites is 1. The summed E-state index contributed by atoms with van der Waals surface area (Å²) in [6, 6.07) is 9.40. The van der Waals surface area contributed by atoms with Crippen LogP contribution in [-0.2, 0) is 0 Å². The molecule has 0 bridgehead atoms. The lowest BCUT2D eigenvalue weighted by molar-refractivity contribution is 0.321. The Morgan fingerprint density at radius 1 is 1.36 bits per heavy atom. The van der Waals surface area contributed by atoms with E-state index in [4.69, 9.17) is 16.8 Å². The maximum Gasteiger partial charge on any atom is 0.191 e. The van der Waals surface area contributed by atoms with Gasteiger partial charge in [-0.15, -0.1) is 0 Å². The van der Waals surface area contributed by atoms with Crippen molar-refractivity contribution in [1.29, 1.82) is 0 Å². The third kappa shape index (κ3) is 3.06. The van der Waals surface area contributed by atoms with Crippen molar-refractivity contribution in [2.45, 2.75) is 6.92 Å². The first-order valence-electron chi connectivity index (χ1n) is 3.97. The van der Waals surface area contributed by atoms with E-state index in [-0.39, 0.29) is 5.17 Å². The van der Waals surface area contributed by atoms with Crippen LogP contribution in [0.25, 0.3) is 0 Å². The van der Waals surface area contributed by atoms with Crippen molar-refractivity contribution >= 4 is 28.2 Å². The number of nitrogens with zero attached hydrogens (tertiary/aromatic N) is 2. The fraction of sp³-hybridized carbons (Fsp3) is 0.111. The predicted octanol–water partition coefficient (Wildman–Crippen LogP) is 2.50. The second kappa shape index (κ2) is 5.24. The highest BCUT2D eigenvalue weighted by Crippen LogP contribution is 2.04. The van der Waals surface area contributed by atoms with Gasteiger partial charge in [0.1, 0.15) is 0 Å². The van der Waals surface area contributed by atoms with Crippen molar-refractivity contribution in [1.82, 2.24) is 0 Å². The summed E-state index contributed by atoms with van der Waals surface area (Å²) in [6.45, 7) is 1.64. The van der Waals surface area contributed by atoms with E-state index in [0.717, 1.165) is 5.69 Å². The molecule has 0 saturated heterocycles. The molecule has 0 unspecified atom stereocenters. The van der Waals surface area contributed by atoms with Crippen molar-refractivity contribution in [3.63, 3.8) is 0 Å². The van der Waals surface area contributed by atoms with Gasteiger partial charge in [-0.25, -0.2) is 0 Å². The quantitative estimate of drug-likeness (QED) is 0.459. The highest BCUT2D eigenvalue weighted by molar-refractivity contribution is 6.83. The largest absolute Gasteiger partial charge is 0.410 e. The van der Waals surface area contributed by atoms with Gasteiger partial charge in [0.25, 0.3) is 0 Å². The Bertz CT molecular complexity index is 348. The van der Waals surface area contributed by atoms with E-state index in [2.05, 4.69) is 15.7 Å². The summed E-state index contributed by atoms with van der Waals surface area (Å²) in [7, 11) is 0. The molecule has 0 aliphatic rings. The minimum atomic E-state index is -0.0339. The van der Waals surface area contributed by atoms with E-state index in [1.807, 2.05) is 30.3 Å². The lowest BCUT2D eigenvalue weighted by atomic mass is 10.3. The summed E-state index contributed by atoms with van der Waals surface area (Å²) in [5.74, 6) is 0. The molecule has 74 valence electrons. The molecule has 2 N–H and O–H groups in total. The molecule has 0 spiro atoms. The van der Waals surface area contributed by atoms with Crippen LogP contribution in [0.4, 0.5) is 5.69 Å². The minimum Gasteiger partial charge on any atom is -0.410 e. The molecule has 1 rings (SSSR count). The van der Waals surface area contributed by atoms with Gasteiger partial charge in [0.2, 0.25) is 0 Å². The van der Waals surface area contributed by atoms with Crippen LogP contribution in [0.5, 0.6) is 0 Å². The van der Waals surface area contributed by atoms with Gasteiger partial charge in [0.05, 0.1) is 11.4 Å². The maximum atomic E-state index is 8.35. The third-order valence-corrected chi connectivity index (χ3v) is 1.86. The molecular weight excluding hydrogens is 202 g/mol. The third-order valence-electron chi connectivity index (χ3n) is 1.51. The topological polar surface area (TPSA) is 57.0 Å². The van der Waals surface area contributed by atoms with E-state index in [9.17, 15) is 0 Å². The number of oxime groups is 1. The monoisotopic (exact) mass is 211 g/mol. The molecule has 0 saturated carbocycles. The molecule has 5 heteroatoms. The predicted molar refractivity (Wildman–Crippen MR) is 58.2 cm³/mol. The van der Waals surface area contributed by atoms with E-state index in [0.29, 0.717) is 5.71 Å². The van der Waals surface area contributed by atoms with Crippen LogP contribution in [0.15, 0.2) is 40.6 Å². The first kappa shape index (κ1) is 10.5. The zero-order valence-corrected chi connectivity index (χ0v) is 8.36. The number of benzene rings is 1. The second-order valence-electron chi connectivity index (χ2n) is 2.57. The van der Waals surface area contributed by atoms with Crippen molar-refractivity contribution in [3.05, 3.63) is 30.3 Å². The number of anilines is 1. The lowest BCUT2D eigenvalue weighted by Crippen LogP contribution is -2.05. The molecule has 0 radical (unpaired) electrons. The average Bonchev–Trinajstić information content (AvgIpc) is 2.26. The van der Waals surface area contributed by atoms with Crippen molar-refractivity contribution in [2.24, 2.45) is 10.3 Å². The van der Waals surface area contributed by atoms with Crippen LogP contribution in [-0.4, -0.2) is 16.1 Å². The molecule has 0 aliphatic heterocycles. The van der Waals surface area contributed by atoms with Crippen LogP contribution < -0.4 is 5.43 Å². The molecule has 0 fully saturated rings. The van der Waals surface area contributed by atoms with Crippen molar-refractivity contribution in [2.75, 3.05) is 5.43 Å². The molecule has 4 nitrogen and oxygen atoms in total. The number of hydrogen-bond acceptors (Lipinski definition) is 4. The van der Waals surface area contributed by atoms with Gasteiger partial charge >= 0.3 is 0 Å². The number of nitrogens with one attached hydrogen (secondary N) is 1. The molecule has 0 atom stereocenters. The van der Waals surface area contributed by atoms with Gasteiger partial charge in [-0.3, -0.25) is 5.43 Å². The summed E-state index contributed by atoms with van der Waals surface area (Å²) < 4.78 is 0. The summed E-state index contributed by atoms with van der Waals surface area (Å²) in [5, 5.41) is 15.0. The number of rotatable bonds is 3. The lowest BCUT2D eigenvalue weighted by Gasteiger charge is -2.00. The van der Waals surface area contributed by atoms with Gasteiger partial charge in [-0.1, -0.05) is 35.0 Å². The number of hydrazone groups is 1. The van der Waals surface area contributed by atoms with Gasteiger partial charge in [0, 0.05) is 0 Å². The highest BCUT2D eigenvalue weighted by atomic mass is 35.5. The Labute approximate surface area is 86.9 Å². The summed E-state index contributed by atoms with van der Waals surface area (Å²) in [6.07, 6.45) is 0. The average molecular weight is 212 g/mol. The van der Waals surface area contributed by atoms with E-state index in [1.165, 1.54) is 0 Å². The molecule has 0 amide bonds. The van der Waals surface area contributed by atoms with Crippen LogP contribution in [0.2, 0.25) is 0 Å². The first-order valence-corrected chi connectivity index (χ1v) is 4.35. The molecule has 0 aromatic heterocycles. The van der Waals surface area contributed by atoms with Crippen LogP contribution in [0.1, 0.15) is 6.92 Å². The Morgan fingerprint density at radius 2 is 2.00 bits per heavy atom.